The predicted octanol–water partition coefficient (Wildman–Crippen LogP) is 4.64. The number of aliphatic hydroxyl groups is 1. The van der Waals surface area contributed by atoms with Gasteiger partial charge in [-0.1, -0.05) is 52.2 Å². The number of carbonyl (C=O) groups excluding carboxylic acids is 2. The molecule has 4 fully saturated rings. The average molecular weight is 524 g/mol. The zero-order valence-corrected chi connectivity index (χ0v) is 23.5. The van der Waals surface area contributed by atoms with Crippen LogP contribution in [0, 0.1) is 51.2 Å². The third-order valence-electron chi connectivity index (χ3n) is 11.2. The SMILES string of the molecule is CC1=C[C@]23C(=O)[C@@H](C=C4COC(C)(C)OC4[C@]2(O)[C@H]1OC(=O)C1(C#N)CCCCC1)[C@H]1[C@@H](C[C@H]3C)C1(C)C. The average Bonchev–Trinajstić information content (AvgIpc) is 3.36. The molecule has 7 heteroatoms. The van der Waals surface area contributed by atoms with E-state index in [1.807, 2.05) is 19.1 Å². The molecule has 1 N–H and O–H groups in total. The van der Waals surface area contributed by atoms with Gasteiger partial charge < -0.3 is 19.3 Å². The largest absolute Gasteiger partial charge is 0.453 e. The Hall–Kier alpha value is -2.01. The number of nitrogens with zero attached hydrogens (tertiary/aromatic N) is 1. The quantitative estimate of drug-likeness (QED) is 0.415. The minimum atomic E-state index is -1.85. The molecule has 1 saturated heterocycles. The van der Waals surface area contributed by atoms with Gasteiger partial charge in [0.05, 0.1) is 18.1 Å². The number of carbonyl (C=O) groups is 2. The van der Waals surface area contributed by atoms with Crippen molar-refractivity contribution in [2.45, 2.75) is 104 Å². The van der Waals surface area contributed by atoms with E-state index in [1.165, 1.54) is 0 Å². The predicted molar refractivity (Wildman–Crippen MR) is 138 cm³/mol. The first-order chi connectivity index (χ1) is 17.7. The molecule has 3 saturated carbocycles. The lowest BCUT2D eigenvalue weighted by molar-refractivity contribution is -0.304. The second-order valence-electron chi connectivity index (χ2n) is 14.0. The lowest BCUT2D eigenvalue weighted by atomic mass is 9.58. The molecule has 0 aromatic rings. The Morgan fingerprint density at radius 1 is 1.18 bits per heavy atom. The molecule has 6 rings (SSSR count). The van der Waals surface area contributed by atoms with Gasteiger partial charge in [-0.2, -0.15) is 5.26 Å². The zero-order chi connectivity index (χ0) is 27.5. The van der Waals surface area contributed by atoms with Gasteiger partial charge >= 0.3 is 5.97 Å². The number of allylic oxidation sites excluding steroid dienone is 1. The number of ether oxygens (including phenoxy) is 3. The highest BCUT2D eigenvalue weighted by molar-refractivity contribution is 5.95. The number of ketones is 1. The maximum atomic E-state index is 14.8. The maximum absolute atomic E-state index is 14.8. The van der Waals surface area contributed by atoms with Gasteiger partial charge in [-0.15, -0.1) is 0 Å². The van der Waals surface area contributed by atoms with Crippen LogP contribution >= 0.6 is 0 Å². The number of rotatable bonds is 2. The second kappa shape index (κ2) is 8.02. The van der Waals surface area contributed by atoms with E-state index < -0.39 is 40.4 Å². The Balaban J connectivity index is 1.50. The van der Waals surface area contributed by atoms with Crippen molar-refractivity contribution < 1.29 is 28.9 Å². The molecule has 1 aliphatic heterocycles. The van der Waals surface area contributed by atoms with E-state index in [2.05, 4.69) is 26.8 Å². The Bertz CT molecular complexity index is 1190. The van der Waals surface area contributed by atoms with Crippen LogP contribution in [0.1, 0.15) is 80.1 Å². The van der Waals surface area contributed by atoms with Crippen LogP contribution in [0.5, 0.6) is 0 Å². The summed E-state index contributed by atoms with van der Waals surface area (Å²) in [6.45, 7) is 12.2. The first kappa shape index (κ1) is 26.2. The van der Waals surface area contributed by atoms with Crippen molar-refractivity contribution in [1.29, 1.82) is 5.26 Å². The van der Waals surface area contributed by atoms with E-state index in [0.717, 1.165) is 31.3 Å². The highest BCUT2D eigenvalue weighted by Gasteiger charge is 2.77. The van der Waals surface area contributed by atoms with Crippen molar-refractivity contribution >= 4 is 11.8 Å². The molecule has 2 bridgehead atoms. The molecule has 206 valence electrons. The number of hydrogen-bond donors (Lipinski definition) is 1. The van der Waals surface area contributed by atoms with Gasteiger partial charge in [0.1, 0.15) is 6.10 Å². The highest BCUT2D eigenvalue weighted by Crippen LogP contribution is 2.72. The molecule has 1 unspecified atom stereocenters. The number of nitriles is 1. The van der Waals surface area contributed by atoms with E-state index in [-0.39, 0.29) is 35.6 Å². The van der Waals surface area contributed by atoms with Crippen LogP contribution in [-0.2, 0) is 23.8 Å². The van der Waals surface area contributed by atoms with Gasteiger partial charge in [0.2, 0.25) is 0 Å². The summed E-state index contributed by atoms with van der Waals surface area (Å²) >= 11 is 0. The number of hydrogen-bond acceptors (Lipinski definition) is 7. The van der Waals surface area contributed by atoms with Crippen LogP contribution in [0.25, 0.3) is 0 Å². The molecule has 0 aromatic heterocycles. The smallest absolute Gasteiger partial charge is 0.327 e. The van der Waals surface area contributed by atoms with Crippen LogP contribution in [0.4, 0.5) is 0 Å². The topological polar surface area (TPSA) is 106 Å². The molecule has 38 heavy (non-hydrogen) atoms. The third-order valence-corrected chi connectivity index (χ3v) is 11.2. The van der Waals surface area contributed by atoms with Gasteiger partial charge in [0.15, 0.2) is 28.7 Å². The molecule has 0 aromatic carbocycles. The zero-order valence-electron chi connectivity index (χ0n) is 23.5. The van der Waals surface area contributed by atoms with Crippen molar-refractivity contribution in [1.82, 2.24) is 0 Å². The van der Waals surface area contributed by atoms with Gasteiger partial charge in [-0.3, -0.25) is 9.59 Å². The summed E-state index contributed by atoms with van der Waals surface area (Å²) in [6.07, 6.45) is 6.16. The Morgan fingerprint density at radius 3 is 2.53 bits per heavy atom. The third kappa shape index (κ3) is 3.17. The maximum Gasteiger partial charge on any atom is 0.327 e. The molecule has 1 heterocycles. The minimum Gasteiger partial charge on any atom is -0.453 e. The van der Waals surface area contributed by atoms with Gasteiger partial charge in [0.25, 0.3) is 0 Å². The molecule has 0 radical (unpaired) electrons. The molecule has 8 atom stereocenters. The summed E-state index contributed by atoms with van der Waals surface area (Å²) in [5.74, 6) is -1.63. The molecule has 1 spiro atoms. The summed E-state index contributed by atoms with van der Waals surface area (Å²) in [5.41, 5.74) is -2.94. The van der Waals surface area contributed by atoms with Crippen LogP contribution < -0.4 is 0 Å². The number of esters is 1. The summed E-state index contributed by atoms with van der Waals surface area (Å²) < 4.78 is 18.7. The van der Waals surface area contributed by atoms with Crippen LogP contribution in [0.3, 0.4) is 0 Å². The fourth-order valence-corrected chi connectivity index (χ4v) is 9.04. The van der Waals surface area contributed by atoms with E-state index in [1.54, 1.807) is 13.8 Å². The first-order valence-corrected chi connectivity index (χ1v) is 14.4. The Labute approximate surface area is 225 Å². The Morgan fingerprint density at radius 2 is 1.87 bits per heavy atom. The fraction of sp³-hybridized carbons (Fsp3) is 0.774. The summed E-state index contributed by atoms with van der Waals surface area (Å²) in [4.78, 5) is 28.5. The van der Waals surface area contributed by atoms with Gasteiger partial charge in [-0.05, 0) is 74.3 Å². The molecular formula is C31H41NO6. The Kier molecular flexibility index (Phi) is 5.54. The van der Waals surface area contributed by atoms with Crippen molar-refractivity contribution in [3.05, 3.63) is 23.3 Å². The summed E-state index contributed by atoms with van der Waals surface area (Å²) in [5, 5.41) is 23.2. The van der Waals surface area contributed by atoms with Gasteiger partial charge in [0, 0.05) is 5.92 Å². The monoisotopic (exact) mass is 523 g/mol. The molecular weight excluding hydrogens is 482 g/mol. The number of fused-ring (bicyclic) bond motifs is 5. The van der Waals surface area contributed by atoms with E-state index in [9.17, 15) is 20.0 Å². The summed E-state index contributed by atoms with van der Waals surface area (Å²) in [7, 11) is 0. The van der Waals surface area contributed by atoms with E-state index in [0.29, 0.717) is 24.3 Å². The first-order valence-electron chi connectivity index (χ1n) is 14.4. The van der Waals surface area contributed by atoms with Crippen LogP contribution in [0.15, 0.2) is 23.3 Å². The lowest BCUT2D eigenvalue weighted by Crippen LogP contribution is -2.68. The van der Waals surface area contributed by atoms with Crippen LogP contribution in [0.2, 0.25) is 0 Å². The van der Waals surface area contributed by atoms with Crippen molar-refractivity contribution in [3.8, 4) is 6.07 Å². The van der Waals surface area contributed by atoms with Gasteiger partial charge in [-0.25, -0.2) is 0 Å². The molecule has 7 nitrogen and oxygen atoms in total. The number of Topliss-reactive ketones (excluding diaryl/α,β-unsaturated/α-hetero) is 1. The lowest BCUT2D eigenvalue weighted by Gasteiger charge is -2.53. The molecule has 0 amide bonds. The normalized spacial score (nSPS) is 45.6. The minimum absolute atomic E-state index is 0.0144. The standard InChI is InChI=1S/C31H41NO6/c1-17-14-30-18(2)12-21-22(27(21,3)4)20(23(30)33)13-19-15-36-28(5,6)38-25(19)31(30,35)24(17)37-26(34)29(16-32)10-8-7-9-11-29/h13-14,18,20-22,24-25,35H,7-12,15H2,1-6H3/t18-,20+,21-,22+,24+,25?,30+,31-/m1/s1. The van der Waals surface area contributed by atoms with Crippen LogP contribution in [-0.4, -0.2) is 47.1 Å². The molecule has 5 aliphatic carbocycles. The highest BCUT2D eigenvalue weighted by atomic mass is 16.7. The fourth-order valence-electron chi connectivity index (χ4n) is 9.04. The van der Waals surface area contributed by atoms with Crippen molar-refractivity contribution in [3.63, 3.8) is 0 Å². The molecule has 6 aliphatic rings. The van der Waals surface area contributed by atoms with Crippen molar-refractivity contribution in [2.75, 3.05) is 6.61 Å². The van der Waals surface area contributed by atoms with E-state index in [4.69, 9.17) is 14.2 Å². The van der Waals surface area contributed by atoms with Crippen molar-refractivity contribution in [2.24, 2.45) is 39.9 Å². The van der Waals surface area contributed by atoms with E-state index >= 15 is 0 Å². The summed E-state index contributed by atoms with van der Waals surface area (Å²) in [6, 6.07) is 2.26. The second-order valence-corrected chi connectivity index (χ2v) is 14.0.